The quantitative estimate of drug-likeness (QED) is 0.637. The normalized spacial score (nSPS) is 18.0. The highest BCUT2D eigenvalue weighted by atomic mass is 19.1. The number of rotatable bonds is 4. The van der Waals surface area contributed by atoms with Crippen LogP contribution in [-0.2, 0) is 0 Å². The summed E-state index contributed by atoms with van der Waals surface area (Å²) in [7, 11) is 3.59. The van der Waals surface area contributed by atoms with Gasteiger partial charge in [0.15, 0.2) is 11.6 Å². The number of carbonyl (C=O) groups is 1. The fourth-order valence-corrected chi connectivity index (χ4v) is 4.57. The van der Waals surface area contributed by atoms with Crippen LogP contribution in [0.25, 0.3) is 10.9 Å². The lowest BCUT2D eigenvalue weighted by Crippen LogP contribution is -2.45. The Labute approximate surface area is 196 Å². The van der Waals surface area contributed by atoms with Crippen LogP contribution in [0.2, 0.25) is 0 Å². The van der Waals surface area contributed by atoms with Gasteiger partial charge in [-0.3, -0.25) is 9.59 Å². The number of benzene rings is 2. The molecule has 0 spiro atoms. The predicted molar refractivity (Wildman–Crippen MR) is 129 cm³/mol. The molecule has 0 bridgehead atoms. The number of hydrogen-bond acceptors (Lipinski definition) is 6. The lowest BCUT2D eigenvalue weighted by atomic mass is 10.0. The molecule has 1 fully saturated rings. The van der Waals surface area contributed by atoms with Gasteiger partial charge >= 0.3 is 0 Å². The van der Waals surface area contributed by atoms with Crippen LogP contribution in [0.4, 0.5) is 15.8 Å². The minimum atomic E-state index is -0.551. The number of methoxy groups -OCH3 is 1. The Morgan fingerprint density at radius 2 is 1.88 bits per heavy atom. The molecule has 1 aromatic heterocycles. The van der Waals surface area contributed by atoms with Crippen molar-refractivity contribution in [3.05, 3.63) is 58.1 Å². The van der Waals surface area contributed by atoms with Gasteiger partial charge < -0.3 is 29.2 Å². The van der Waals surface area contributed by atoms with Crippen LogP contribution >= 0.6 is 0 Å². The zero-order chi connectivity index (χ0) is 24.0. The standard InChI is InChI=1S/C25H27FN4O4/c1-15-14-34-24-21-18(12-20(26)22(24)29-10-8-28(2)9-11-29)23(31)19(13-30(15)21)25(32)27-16-4-6-17(33-3)7-5-16/h4-7,12-13,15H,8-11,14H2,1-3H3,(H,27,32)/t15-/m0/s1. The van der Waals surface area contributed by atoms with E-state index in [1.807, 2.05) is 23.4 Å². The number of aromatic nitrogens is 1. The van der Waals surface area contributed by atoms with Crippen LogP contribution < -0.4 is 25.1 Å². The van der Waals surface area contributed by atoms with E-state index >= 15 is 4.39 Å². The molecule has 34 heavy (non-hydrogen) atoms. The summed E-state index contributed by atoms with van der Waals surface area (Å²) < 4.78 is 28.4. The zero-order valence-electron chi connectivity index (χ0n) is 19.4. The van der Waals surface area contributed by atoms with Gasteiger partial charge in [0, 0.05) is 38.1 Å². The third-order valence-corrected chi connectivity index (χ3v) is 6.55. The van der Waals surface area contributed by atoms with E-state index in [1.54, 1.807) is 37.6 Å². The molecule has 178 valence electrons. The third-order valence-electron chi connectivity index (χ3n) is 6.55. The van der Waals surface area contributed by atoms with Crippen molar-refractivity contribution in [2.45, 2.75) is 13.0 Å². The van der Waals surface area contributed by atoms with E-state index in [0.29, 0.717) is 48.1 Å². The first-order valence-electron chi connectivity index (χ1n) is 11.3. The number of nitrogens with one attached hydrogen (secondary N) is 1. The van der Waals surface area contributed by atoms with Crippen molar-refractivity contribution in [3.8, 4) is 11.5 Å². The van der Waals surface area contributed by atoms with E-state index in [-0.39, 0.29) is 17.0 Å². The second kappa shape index (κ2) is 8.64. The summed E-state index contributed by atoms with van der Waals surface area (Å²) >= 11 is 0. The monoisotopic (exact) mass is 466 g/mol. The Bertz CT molecular complexity index is 1310. The molecule has 1 amide bonds. The van der Waals surface area contributed by atoms with Crippen molar-refractivity contribution in [1.29, 1.82) is 0 Å². The molecular formula is C25H27FN4O4. The SMILES string of the molecule is COc1ccc(NC(=O)c2cn3c4c(c(N5CCN(C)CC5)c(F)cc4c2=O)OC[C@@H]3C)cc1. The van der Waals surface area contributed by atoms with Gasteiger partial charge in [0.05, 0.1) is 24.1 Å². The molecule has 3 heterocycles. The number of nitrogens with zero attached hydrogens (tertiary/aromatic N) is 3. The molecule has 5 rings (SSSR count). The minimum Gasteiger partial charge on any atom is -0.497 e. The van der Waals surface area contributed by atoms with E-state index in [4.69, 9.17) is 9.47 Å². The lowest BCUT2D eigenvalue weighted by Gasteiger charge is -2.37. The van der Waals surface area contributed by atoms with E-state index in [9.17, 15) is 9.59 Å². The van der Waals surface area contributed by atoms with Crippen LogP contribution in [0.5, 0.6) is 11.5 Å². The molecule has 2 aliphatic heterocycles. The molecular weight excluding hydrogens is 439 g/mol. The minimum absolute atomic E-state index is 0.0465. The molecule has 8 nitrogen and oxygen atoms in total. The van der Waals surface area contributed by atoms with Gasteiger partial charge in [-0.15, -0.1) is 0 Å². The van der Waals surface area contributed by atoms with Crippen LogP contribution in [0.3, 0.4) is 0 Å². The highest BCUT2D eigenvalue weighted by Crippen LogP contribution is 2.42. The molecule has 0 radical (unpaired) electrons. The van der Waals surface area contributed by atoms with Crippen molar-refractivity contribution < 1.29 is 18.7 Å². The average Bonchev–Trinajstić information content (AvgIpc) is 2.83. The maximum Gasteiger partial charge on any atom is 0.261 e. The number of amides is 1. The highest BCUT2D eigenvalue weighted by Gasteiger charge is 2.31. The first-order chi connectivity index (χ1) is 16.4. The molecule has 9 heteroatoms. The van der Waals surface area contributed by atoms with Gasteiger partial charge in [-0.25, -0.2) is 4.39 Å². The van der Waals surface area contributed by atoms with E-state index < -0.39 is 17.2 Å². The van der Waals surface area contributed by atoms with Crippen molar-refractivity contribution in [1.82, 2.24) is 9.47 Å². The second-order valence-corrected chi connectivity index (χ2v) is 8.84. The molecule has 0 unspecified atom stereocenters. The smallest absolute Gasteiger partial charge is 0.261 e. The third kappa shape index (κ3) is 3.75. The molecule has 0 saturated carbocycles. The maximum absolute atomic E-state index is 15.4. The topological polar surface area (TPSA) is 76.0 Å². The van der Waals surface area contributed by atoms with Crippen LogP contribution in [0.15, 0.2) is 41.3 Å². The number of halogens is 1. The fraction of sp³-hybridized carbons (Fsp3) is 0.360. The summed E-state index contributed by atoms with van der Waals surface area (Å²) in [6.45, 7) is 5.20. The Morgan fingerprint density at radius 1 is 1.18 bits per heavy atom. The number of hydrogen-bond donors (Lipinski definition) is 1. The molecule has 3 aromatic rings. The van der Waals surface area contributed by atoms with Gasteiger partial charge in [-0.1, -0.05) is 0 Å². The number of ether oxygens (including phenoxy) is 2. The van der Waals surface area contributed by atoms with E-state index in [1.165, 1.54) is 6.07 Å². The van der Waals surface area contributed by atoms with Gasteiger partial charge in [0.2, 0.25) is 5.43 Å². The largest absolute Gasteiger partial charge is 0.497 e. The van der Waals surface area contributed by atoms with Gasteiger partial charge in [0.25, 0.3) is 5.91 Å². The number of pyridine rings is 1. The Morgan fingerprint density at radius 3 is 2.56 bits per heavy atom. The highest BCUT2D eigenvalue weighted by molar-refractivity contribution is 6.06. The number of likely N-dealkylation sites (N-methyl/N-ethyl adjacent to an activating group) is 1. The molecule has 1 N–H and O–H groups in total. The van der Waals surface area contributed by atoms with Crippen LogP contribution in [-0.4, -0.2) is 62.3 Å². The summed E-state index contributed by atoms with van der Waals surface area (Å²) in [5.74, 6) is -0.0411. The average molecular weight is 467 g/mol. The van der Waals surface area contributed by atoms with Crippen molar-refractivity contribution in [2.75, 3.05) is 57.2 Å². The van der Waals surface area contributed by atoms with E-state index in [2.05, 4.69) is 10.2 Å². The predicted octanol–water partition coefficient (Wildman–Crippen LogP) is 3.11. The molecule has 2 aromatic carbocycles. The fourth-order valence-electron chi connectivity index (χ4n) is 4.57. The lowest BCUT2D eigenvalue weighted by molar-refractivity contribution is 0.102. The zero-order valence-corrected chi connectivity index (χ0v) is 19.4. The summed E-state index contributed by atoms with van der Waals surface area (Å²) in [4.78, 5) is 30.6. The van der Waals surface area contributed by atoms with Crippen LogP contribution in [0, 0.1) is 5.82 Å². The number of piperazine rings is 1. The number of carbonyl (C=O) groups excluding carboxylic acids is 1. The van der Waals surface area contributed by atoms with Crippen LogP contribution in [0.1, 0.15) is 23.3 Å². The first-order valence-corrected chi connectivity index (χ1v) is 11.3. The Hall–Kier alpha value is -3.59. The number of anilines is 2. The second-order valence-electron chi connectivity index (χ2n) is 8.84. The van der Waals surface area contributed by atoms with Crippen molar-refractivity contribution in [3.63, 3.8) is 0 Å². The van der Waals surface area contributed by atoms with Crippen molar-refractivity contribution >= 4 is 28.2 Å². The molecule has 2 aliphatic rings. The Balaban J connectivity index is 1.60. The van der Waals surface area contributed by atoms with Gasteiger partial charge in [0.1, 0.15) is 23.6 Å². The van der Waals surface area contributed by atoms with E-state index in [0.717, 1.165) is 13.1 Å². The Kier molecular flexibility index (Phi) is 5.65. The van der Waals surface area contributed by atoms with Crippen molar-refractivity contribution in [2.24, 2.45) is 0 Å². The molecule has 1 atom stereocenters. The summed E-state index contributed by atoms with van der Waals surface area (Å²) in [6, 6.07) is 7.93. The molecule has 1 saturated heterocycles. The summed E-state index contributed by atoms with van der Waals surface area (Å²) in [6.07, 6.45) is 1.56. The first kappa shape index (κ1) is 22.2. The maximum atomic E-state index is 15.4. The molecule has 0 aliphatic carbocycles. The van der Waals surface area contributed by atoms with Gasteiger partial charge in [-0.2, -0.15) is 0 Å². The van der Waals surface area contributed by atoms with Gasteiger partial charge in [-0.05, 0) is 44.3 Å². The summed E-state index contributed by atoms with van der Waals surface area (Å²) in [5.41, 5.74) is 0.864. The summed E-state index contributed by atoms with van der Waals surface area (Å²) in [5, 5.41) is 2.89.